The fourth-order valence-corrected chi connectivity index (χ4v) is 4.18. The van der Waals surface area contributed by atoms with Gasteiger partial charge >= 0.3 is 12.1 Å². The number of nitrogens with one attached hydrogen (secondary N) is 1. The Hall–Kier alpha value is -4.53. The SMILES string of the molecule is [C-]#[N+]c1ccc2c(O)c(C(=O)NCC(=O)OC(C)(C)C)c(=O)n3c2c1OCC3c1ccc(C(F)(F)F)cc1. The fraction of sp³-hybridized carbons (Fsp3) is 0.308. The largest absolute Gasteiger partial charge is 0.506 e. The van der Waals surface area contributed by atoms with E-state index in [4.69, 9.17) is 16.0 Å². The molecule has 1 aliphatic rings. The number of nitrogens with zero attached hydrogens (tertiary/aromatic N) is 2. The number of ether oxygens (including phenoxy) is 2. The smallest absolute Gasteiger partial charge is 0.416 e. The normalized spacial score (nSPS) is 14.9. The monoisotopic (exact) mass is 529 g/mol. The average Bonchev–Trinajstić information content (AvgIpc) is 2.84. The van der Waals surface area contributed by atoms with Gasteiger partial charge in [-0.05, 0) is 38.5 Å². The number of amides is 1. The highest BCUT2D eigenvalue weighted by Gasteiger charge is 2.34. The van der Waals surface area contributed by atoms with E-state index in [0.29, 0.717) is 0 Å². The summed E-state index contributed by atoms with van der Waals surface area (Å²) in [6.45, 7) is 11.5. The first-order valence-electron chi connectivity index (χ1n) is 11.3. The fourth-order valence-electron chi connectivity index (χ4n) is 4.18. The Morgan fingerprint density at radius 3 is 2.42 bits per heavy atom. The van der Waals surface area contributed by atoms with E-state index < -0.39 is 58.7 Å². The number of halogens is 3. The van der Waals surface area contributed by atoms with Crippen LogP contribution >= 0.6 is 0 Å². The number of carbonyl (C=O) groups is 2. The van der Waals surface area contributed by atoms with E-state index >= 15 is 0 Å². The molecule has 0 aliphatic carbocycles. The predicted molar refractivity (Wildman–Crippen MR) is 129 cm³/mol. The van der Waals surface area contributed by atoms with Crippen molar-refractivity contribution in [2.75, 3.05) is 13.2 Å². The molecule has 1 atom stereocenters. The maximum Gasteiger partial charge on any atom is 0.416 e. The second-order valence-corrected chi connectivity index (χ2v) is 9.54. The van der Waals surface area contributed by atoms with Crippen LogP contribution in [0.4, 0.5) is 18.9 Å². The number of hydrogen-bond donors (Lipinski definition) is 2. The van der Waals surface area contributed by atoms with Gasteiger partial charge in [0.15, 0.2) is 5.75 Å². The van der Waals surface area contributed by atoms with Crippen LogP contribution in [0.2, 0.25) is 0 Å². The Morgan fingerprint density at radius 2 is 1.84 bits per heavy atom. The van der Waals surface area contributed by atoms with Crippen LogP contribution in [-0.4, -0.2) is 40.3 Å². The summed E-state index contributed by atoms with van der Waals surface area (Å²) in [5, 5.41) is 13.2. The van der Waals surface area contributed by atoms with Gasteiger partial charge in [0, 0.05) is 5.39 Å². The number of aromatic hydroxyl groups is 1. The molecule has 0 fully saturated rings. The molecule has 9 nitrogen and oxygen atoms in total. The van der Waals surface area contributed by atoms with Gasteiger partial charge in [0.25, 0.3) is 11.5 Å². The number of alkyl halides is 3. The topological polar surface area (TPSA) is 111 Å². The second-order valence-electron chi connectivity index (χ2n) is 9.54. The number of carbonyl (C=O) groups excluding carboxylic acids is 2. The van der Waals surface area contributed by atoms with Crippen LogP contribution in [0.5, 0.6) is 11.5 Å². The zero-order valence-electron chi connectivity index (χ0n) is 20.5. The number of rotatable bonds is 4. The lowest BCUT2D eigenvalue weighted by molar-refractivity contribution is -0.153. The van der Waals surface area contributed by atoms with Crippen molar-refractivity contribution in [1.82, 2.24) is 9.88 Å². The summed E-state index contributed by atoms with van der Waals surface area (Å²) in [7, 11) is 0. The summed E-state index contributed by atoms with van der Waals surface area (Å²) in [6.07, 6.45) is -4.57. The number of aromatic nitrogens is 1. The van der Waals surface area contributed by atoms with E-state index in [0.717, 1.165) is 16.7 Å². The van der Waals surface area contributed by atoms with Gasteiger partial charge in [0.05, 0.1) is 23.7 Å². The summed E-state index contributed by atoms with van der Waals surface area (Å²) in [4.78, 5) is 42.1. The highest BCUT2D eigenvalue weighted by Crippen LogP contribution is 2.44. The molecule has 3 aromatic rings. The molecule has 2 heterocycles. The molecule has 1 aliphatic heterocycles. The molecule has 198 valence electrons. The second kappa shape index (κ2) is 9.41. The molecule has 12 heteroatoms. The van der Waals surface area contributed by atoms with Crippen molar-refractivity contribution in [1.29, 1.82) is 0 Å². The first-order valence-corrected chi connectivity index (χ1v) is 11.3. The molecule has 0 spiro atoms. The van der Waals surface area contributed by atoms with Gasteiger partial charge in [-0.3, -0.25) is 19.0 Å². The van der Waals surface area contributed by atoms with Crippen LogP contribution < -0.4 is 15.6 Å². The Kier molecular flexibility index (Phi) is 6.57. The lowest BCUT2D eigenvalue weighted by atomic mass is 10.00. The molecule has 1 unspecified atom stereocenters. The Bertz CT molecular complexity index is 1550. The lowest BCUT2D eigenvalue weighted by Crippen LogP contribution is -2.40. The van der Waals surface area contributed by atoms with E-state index in [2.05, 4.69) is 10.2 Å². The quantitative estimate of drug-likeness (QED) is 0.385. The average molecular weight is 529 g/mol. The minimum absolute atomic E-state index is 0.00558. The maximum atomic E-state index is 13.7. The van der Waals surface area contributed by atoms with Crippen molar-refractivity contribution in [2.45, 2.75) is 38.6 Å². The van der Waals surface area contributed by atoms with Gasteiger partial charge in [-0.2, -0.15) is 13.2 Å². The van der Waals surface area contributed by atoms with Crippen molar-refractivity contribution in [3.63, 3.8) is 0 Å². The number of esters is 1. The summed E-state index contributed by atoms with van der Waals surface area (Å²) < 4.78 is 51.3. The lowest BCUT2D eigenvalue weighted by Gasteiger charge is -2.30. The standard InChI is InChI=1S/C26H22F3N3O6/c1-25(2,3)38-18(33)11-31-23(35)19-21(34)15-9-10-16(30-4)22-20(15)32(24(19)36)17(12-37-22)13-5-7-14(8-6-13)26(27,28)29/h5-10,17,34H,11-12H2,1-3H3,(H,31,35). The Morgan fingerprint density at radius 1 is 1.18 bits per heavy atom. The van der Waals surface area contributed by atoms with Crippen molar-refractivity contribution in [2.24, 2.45) is 0 Å². The van der Waals surface area contributed by atoms with Crippen LogP contribution in [0.1, 0.15) is 48.3 Å². The first-order chi connectivity index (χ1) is 17.7. The van der Waals surface area contributed by atoms with Gasteiger partial charge in [-0.1, -0.05) is 24.3 Å². The van der Waals surface area contributed by atoms with Gasteiger partial charge in [-0.25, -0.2) is 4.85 Å². The van der Waals surface area contributed by atoms with Crippen LogP contribution in [0.3, 0.4) is 0 Å². The number of hydrogen-bond acceptors (Lipinski definition) is 6. The molecular weight excluding hydrogens is 507 g/mol. The highest BCUT2D eigenvalue weighted by atomic mass is 19.4. The molecule has 2 aromatic carbocycles. The number of benzene rings is 2. The minimum atomic E-state index is -4.57. The maximum absolute atomic E-state index is 13.7. The Balaban J connectivity index is 1.85. The van der Waals surface area contributed by atoms with Gasteiger partial charge < -0.3 is 19.9 Å². The summed E-state index contributed by atoms with van der Waals surface area (Å²) >= 11 is 0. The summed E-state index contributed by atoms with van der Waals surface area (Å²) in [5.41, 5.74) is -3.04. The predicted octanol–water partition coefficient (Wildman–Crippen LogP) is 4.33. The molecule has 0 saturated heterocycles. The van der Waals surface area contributed by atoms with E-state index in [1.54, 1.807) is 20.8 Å². The van der Waals surface area contributed by atoms with E-state index in [-0.39, 0.29) is 34.5 Å². The van der Waals surface area contributed by atoms with Crippen LogP contribution in [-0.2, 0) is 15.7 Å². The van der Waals surface area contributed by atoms with Crippen LogP contribution in [0.25, 0.3) is 15.7 Å². The zero-order chi connectivity index (χ0) is 28.0. The van der Waals surface area contributed by atoms with Crippen molar-refractivity contribution in [3.8, 4) is 11.5 Å². The molecule has 0 radical (unpaired) electrons. The molecular formula is C26H22F3N3O6. The third kappa shape index (κ3) is 4.87. The molecule has 4 rings (SSSR count). The van der Waals surface area contributed by atoms with Gasteiger partial charge in [0.1, 0.15) is 30.1 Å². The number of pyridine rings is 1. The van der Waals surface area contributed by atoms with E-state index in [1.807, 2.05) is 0 Å². The van der Waals surface area contributed by atoms with Crippen molar-refractivity contribution in [3.05, 3.63) is 74.9 Å². The third-order valence-corrected chi connectivity index (χ3v) is 5.76. The zero-order valence-corrected chi connectivity index (χ0v) is 20.5. The van der Waals surface area contributed by atoms with Crippen molar-refractivity contribution >= 4 is 28.5 Å². The minimum Gasteiger partial charge on any atom is -0.506 e. The van der Waals surface area contributed by atoms with Crippen molar-refractivity contribution < 1.29 is 37.3 Å². The first kappa shape index (κ1) is 26.5. The van der Waals surface area contributed by atoms with Crippen LogP contribution in [0, 0.1) is 6.57 Å². The molecule has 2 N–H and O–H groups in total. The molecule has 1 amide bonds. The summed E-state index contributed by atoms with van der Waals surface area (Å²) in [5.74, 6) is -2.53. The van der Waals surface area contributed by atoms with E-state index in [1.165, 1.54) is 24.3 Å². The Labute approximate surface area is 214 Å². The molecule has 1 aromatic heterocycles. The highest BCUT2D eigenvalue weighted by molar-refractivity contribution is 6.05. The molecule has 38 heavy (non-hydrogen) atoms. The van der Waals surface area contributed by atoms with Crippen LogP contribution in [0.15, 0.2) is 41.2 Å². The van der Waals surface area contributed by atoms with E-state index in [9.17, 15) is 32.7 Å². The third-order valence-electron chi connectivity index (χ3n) is 5.76. The van der Waals surface area contributed by atoms with Gasteiger partial charge in [0.2, 0.25) is 5.69 Å². The molecule has 0 bridgehead atoms. The summed E-state index contributed by atoms with van der Waals surface area (Å²) in [6, 6.07) is 5.79. The molecule has 0 saturated carbocycles. The van der Waals surface area contributed by atoms with Gasteiger partial charge in [-0.15, -0.1) is 0 Å².